The van der Waals surface area contributed by atoms with E-state index in [1.807, 2.05) is 0 Å². The lowest BCUT2D eigenvalue weighted by Crippen LogP contribution is -2.17. The third kappa shape index (κ3) is 4.22. The molecule has 0 spiro atoms. The van der Waals surface area contributed by atoms with Crippen molar-refractivity contribution in [1.82, 2.24) is 0 Å². The molecule has 1 aromatic carbocycles. The van der Waals surface area contributed by atoms with Gasteiger partial charge in [-0.15, -0.1) is 13.2 Å². The number of aryl methyl sites for hydroxylation is 1. The third-order valence-corrected chi connectivity index (χ3v) is 3.05. The fraction of sp³-hybridized carbons (Fsp3) is 0.538. The summed E-state index contributed by atoms with van der Waals surface area (Å²) in [6.07, 6.45) is -1.44. The maximum Gasteiger partial charge on any atom is 0.573 e. The molecule has 2 rings (SSSR count). The van der Waals surface area contributed by atoms with Crippen molar-refractivity contribution in [2.45, 2.75) is 38.1 Å². The van der Waals surface area contributed by atoms with E-state index in [1.54, 1.807) is 12.1 Å². The van der Waals surface area contributed by atoms with Gasteiger partial charge in [0.25, 0.3) is 0 Å². The summed E-state index contributed by atoms with van der Waals surface area (Å²) in [6, 6.07) is 5.79. The van der Waals surface area contributed by atoms with Crippen molar-refractivity contribution >= 4 is 0 Å². The molecule has 2 nitrogen and oxygen atoms in total. The summed E-state index contributed by atoms with van der Waals surface area (Å²) in [5.74, 6) is 0.215. The van der Waals surface area contributed by atoms with Crippen LogP contribution in [-0.4, -0.2) is 17.6 Å². The molecule has 0 saturated heterocycles. The number of hydrogen-bond donors (Lipinski definition) is 1. The topological polar surface area (TPSA) is 29.5 Å². The molecule has 0 heterocycles. The van der Waals surface area contributed by atoms with Crippen molar-refractivity contribution in [1.29, 1.82) is 0 Å². The van der Waals surface area contributed by atoms with Gasteiger partial charge in [0.2, 0.25) is 0 Å². The van der Waals surface area contributed by atoms with Crippen LogP contribution in [0.1, 0.15) is 24.8 Å². The number of benzene rings is 1. The van der Waals surface area contributed by atoms with E-state index >= 15 is 0 Å². The highest BCUT2D eigenvalue weighted by Crippen LogP contribution is 2.34. The summed E-state index contributed by atoms with van der Waals surface area (Å²) < 4.78 is 39.6. The van der Waals surface area contributed by atoms with E-state index in [-0.39, 0.29) is 11.9 Å². The van der Waals surface area contributed by atoms with Crippen molar-refractivity contribution in [3.8, 4) is 5.75 Å². The Labute approximate surface area is 103 Å². The van der Waals surface area contributed by atoms with E-state index in [4.69, 9.17) is 0 Å². The molecule has 0 amide bonds. The highest BCUT2D eigenvalue weighted by Gasteiger charge is 2.31. The van der Waals surface area contributed by atoms with Gasteiger partial charge in [0, 0.05) is 0 Å². The van der Waals surface area contributed by atoms with Crippen molar-refractivity contribution in [2.24, 2.45) is 5.92 Å². The summed E-state index contributed by atoms with van der Waals surface area (Å²) in [5.41, 5.74) is 0.907. The van der Waals surface area contributed by atoms with E-state index in [2.05, 4.69) is 4.74 Å². The minimum Gasteiger partial charge on any atom is -0.406 e. The van der Waals surface area contributed by atoms with Crippen LogP contribution in [0.4, 0.5) is 13.2 Å². The van der Waals surface area contributed by atoms with Gasteiger partial charge >= 0.3 is 6.36 Å². The molecule has 1 aromatic rings. The summed E-state index contributed by atoms with van der Waals surface area (Å²) in [4.78, 5) is 0. The first kappa shape index (κ1) is 13.2. The van der Waals surface area contributed by atoms with Crippen molar-refractivity contribution in [3.63, 3.8) is 0 Å². The van der Waals surface area contributed by atoms with Crippen LogP contribution in [0.2, 0.25) is 0 Å². The number of aliphatic hydroxyl groups excluding tert-OH is 1. The zero-order valence-corrected chi connectivity index (χ0v) is 9.78. The molecule has 5 heteroatoms. The lowest BCUT2D eigenvalue weighted by Gasteiger charge is -2.10. The zero-order chi connectivity index (χ0) is 13.2. The largest absolute Gasteiger partial charge is 0.573 e. The van der Waals surface area contributed by atoms with Gasteiger partial charge in [0.15, 0.2) is 0 Å². The summed E-state index contributed by atoms with van der Waals surface area (Å²) in [6.45, 7) is 0. The highest BCUT2D eigenvalue weighted by molar-refractivity contribution is 5.27. The van der Waals surface area contributed by atoms with Gasteiger partial charge < -0.3 is 9.84 Å². The van der Waals surface area contributed by atoms with Crippen molar-refractivity contribution in [2.75, 3.05) is 0 Å². The van der Waals surface area contributed by atoms with E-state index in [9.17, 15) is 18.3 Å². The first-order chi connectivity index (χ1) is 8.44. The van der Waals surface area contributed by atoms with Crippen LogP contribution in [0.15, 0.2) is 24.3 Å². The molecule has 0 aromatic heterocycles. The quantitative estimate of drug-likeness (QED) is 0.880. The average molecular weight is 260 g/mol. The van der Waals surface area contributed by atoms with Crippen LogP contribution in [0.5, 0.6) is 5.75 Å². The van der Waals surface area contributed by atoms with Crippen molar-refractivity contribution in [3.05, 3.63) is 29.8 Å². The second-order valence-corrected chi connectivity index (χ2v) is 4.64. The Morgan fingerprint density at radius 3 is 2.33 bits per heavy atom. The van der Waals surface area contributed by atoms with Gasteiger partial charge in [-0.05, 0) is 49.3 Å². The third-order valence-electron chi connectivity index (χ3n) is 3.05. The van der Waals surface area contributed by atoms with E-state index in [1.165, 1.54) is 12.1 Å². The molecule has 1 N–H and O–H groups in total. The predicted molar refractivity (Wildman–Crippen MR) is 60.2 cm³/mol. The Morgan fingerprint density at radius 1 is 1.22 bits per heavy atom. The first-order valence-electron chi connectivity index (χ1n) is 5.97. The maximum absolute atomic E-state index is 11.9. The Kier molecular flexibility index (Phi) is 3.80. The van der Waals surface area contributed by atoms with Crippen LogP contribution in [0.25, 0.3) is 0 Å². The van der Waals surface area contributed by atoms with Gasteiger partial charge in [-0.3, -0.25) is 0 Å². The second-order valence-electron chi connectivity index (χ2n) is 4.64. The molecule has 1 atom stereocenters. The summed E-state index contributed by atoms with van der Waals surface area (Å²) >= 11 is 0. The van der Waals surface area contributed by atoms with Crippen LogP contribution in [0.3, 0.4) is 0 Å². The van der Waals surface area contributed by atoms with Crippen LogP contribution >= 0.6 is 0 Å². The SMILES string of the molecule is O[C@@H](CCc1ccc(OC(F)(F)F)cc1)C1CC1. The number of ether oxygens (including phenoxy) is 1. The summed E-state index contributed by atoms with van der Waals surface area (Å²) in [7, 11) is 0. The number of alkyl halides is 3. The number of aliphatic hydroxyl groups is 1. The van der Waals surface area contributed by atoms with E-state index in [0.717, 1.165) is 18.4 Å². The fourth-order valence-electron chi connectivity index (χ4n) is 1.89. The Balaban J connectivity index is 1.83. The normalized spacial score (nSPS) is 17.6. The number of hydrogen-bond acceptors (Lipinski definition) is 2. The number of rotatable bonds is 5. The first-order valence-corrected chi connectivity index (χ1v) is 5.97. The molecule has 0 bridgehead atoms. The predicted octanol–water partition coefficient (Wildman–Crippen LogP) is 3.29. The zero-order valence-electron chi connectivity index (χ0n) is 9.78. The molecule has 1 aliphatic carbocycles. The molecule has 0 radical (unpaired) electrons. The minimum atomic E-state index is -4.65. The standard InChI is InChI=1S/C13H15F3O2/c14-13(15,16)18-11-6-1-9(2-7-11)3-8-12(17)10-4-5-10/h1-2,6-7,10,12,17H,3-5,8H2/t12-/m0/s1. The second kappa shape index (κ2) is 5.18. The fourth-order valence-corrected chi connectivity index (χ4v) is 1.89. The van der Waals surface area contributed by atoms with Gasteiger partial charge in [-0.25, -0.2) is 0 Å². The molecule has 1 fully saturated rings. The molecule has 100 valence electrons. The van der Waals surface area contributed by atoms with Gasteiger partial charge in [-0.1, -0.05) is 12.1 Å². The van der Waals surface area contributed by atoms with Crippen LogP contribution in [0, 0.1) is 5.92 Å². The lowest BCUT2D eigenvalue weighted by molar-refractivity contribution is -0.274. The Morgan fingerprint density at radius 2 is 1.83 bits per heavy atom. The van der Waals surface area contributed by atoms with E-state index < -0.39 is 6.36 Å². The van der Waals surface area contributed by atoms with Crippen LogP contribution in [-0.2, 0) is 6.42 Å². The van der Waals surface area contributed by atoms with Crippen molar-refractivity contribution < 1.29 is 23.0 Å². The highest BCUT2D eigenvalue weighted by atomic mass is 19.4. The minimum absolute atomic E-state index is 0.214. The molecule has 1 saturated carbocycles. The lowest BCUT2D eigenvalue weighted by atomic mass is 10.0. The molecular formula is C13H15F3O2. The van der Waals surface area contributed by atoms with E-state index in [0.29, 0.717) is 18.8 Å². The number of halogens is 3. The maximum atomic E-state index is 11.9. The van der Waals surface area contributed by atoms with Gasteiger partial charge in [0.1, 0.15) is 5.75 Å². The van der Waals surface area contributed by atoms with Crippen LogP contribution < -0.4 is 4.74 Å². The monoisotopic (exact) mass is 260 g/mol. The Bertz CT molecular complexity index is 382. The molecule has 18 heavy (non-hydrogen) atoms. The van der Waals surface area contributed by atoms with Gasteiger partial charge in [-0.2, -0.15) is 0 Å². The molecule has 1 aliphatic rings. The summed E-state index contributed by atoms with van der Waals surface area (Å²) in [5, 5.41) is 9.68. The Hall–Kier alpha value is -1.23. The molecule has 0 aliphatic heterocycles. The average Bonchev–Trinajstić information content (AvgIpc) is 3.09. The molecule has 0 unspecified atom stereocenters. The smallest absolute Gasteiger partial charge is 0.406 e. The molecular weight excluding hydrogens is 245 g/mol. The van der Waals surface area contributed by atoms with Gasteiger partial charge in [0.05, 0.1) is 6.10 Å².